The van der Waals surface area contributed by atoms with Gasteiger partial charge >= 0.3 is 0 Å². The van der Waals surface area contributed by atoms with Gasteiger partial charge in [-0.05, 0) is 24.6 Å². The van der Waals surface area contributed by atoms with Crippen molar-refractivity contribution >= 4 is 28.5 Å². The largest absolute Gasteiger partial charge is 0.493 e. The maximum atomic E-state index is 6.14. The summed E-state index contributed by atoms with van der Waals surface area (Å²) in [5.41, 5.74) is 7.84. The Labute approximate surface area is 175 Å². The molecular formula is C21H26N6O3. The Balaban J connectivity index is 1.48. The van der Waals surface area contributed by atoms with Crippen LogP contribution in [0.3, 0.4) is 0 Å². The molecule has 0 bridgehead atoms. The third kappa shape index (κ3) is 4.16. The summed E-state index contributed by atoms with van der Waals surface area (Å²) in [6, 6.07) is 7.65. The van der Waals surface area contributed by atoms with E-state index in [1.54, 1.807) is 26.4 Å². The number of methoxy groups -OCH3 is 2. The second-order valence-corrected chi connectivity index (χ2v) is 7.16. The molecule has 3 N–H and O–H groups in total. The second kappa shape index (κ2) is 8.58. The Hall–Kier alpha value is -3.33. The zero-order valence-electron chi connectivity index (χ0n) is 17.4. The van der Waals surface area contributed by atoms with Gasteiger partial charge in [-0.1, -0.05) is 6.07 Å². The minimum atomic E-state index is 0.219. The van der Waals surface area contributed by atoms with Crippen LogP contribution in [0.25, 0.3) is 10.9 Å². The Morgan fingerprint density at radius 2 is 2.00 bits per heavy atom. The van der Waals surface area contributed by atoms with E-state index < -0.39 is 0 Å². The molecule has 9 nitrogen and oxygen atoms in total. The maximum absolute atomic E-state index is 6.14. The molecule has 30 heavy (non-hydrogen) atoms. The van der Waals surface area contributed by atoms with Gasteiger partial charge in [0.2, 0.25) is 5.95 Å². The van der Waals surface area contributed by atoms with E-state index in [1.165, 1.54) is 0 Å². The molecule has 0 spiro atoms. The minimum Gasteiger partial charge on any atom is -0.493 e. The summed E-state index contributed by atoms with van der Waals surface area (Å²) < 4.78 is 16.3. The van der Waals surface area contributed by atoms with Gasteiger partial charge < -0.3 is 30.2 Å². The van der Waals surface area contributed by atoms with E-state index in [-0.39, 0.29) is 6.10 Å². The summed E-state index contributed by atoms with van der Waals surface area (Å²) in [7, 11) is 3.16. The number of nitrogens with zero attached hydrogens (tertiary/aromatic N) is 4. The van der Waals surface area contributed by atoms with Crippen LogP contribution in [0.5, 0.6) is 11.5 Å². The highest BCUT2D eigenvalue weighted by atomic mass is 16.5. The van der Waals surface area contributed by atoms with Crippen LogP contribution in [-0.4, -0.2) is 55.0 Å². The monoisotopic (exact) mass is 410 g/mol. The fourth-order valence-electron chi connectivity index (χ4n) is 3.47. The number of aromatic nitrogens is 3. The molecule has 2 aromatic heterocycles. The van der Waals surface area contributed by atoms with Gasteiger partial charge in [-0.3, -0.25) is 0 Å². The van der Waals surface area contributed by atoms with Gasteiger partial charge in [0.1, 0.15) is 11.6 Å². The number of hydrogen-bond acceptors (Lipinski definition) is 9. The topological polar surface area (TPSA) is 108 Å². The number of hydrogen-bond donors (Lipinski definition) is 2. The molecule has 1 unspecified atom stereocenters. The van der Waals surface area contributed by atoms with E-state index in [0.717, 1.165) is 31.1 Å². The molecular weight excluding hydrogens is 384 g/mol. The normalized spacial score (nSPS) is 16.5. The van der Waals surface area contributed by atoms with E-state index in [9.17, 15) is 0 Å². The molecule has 3 heterocycles. The average Bonchev–Trinajstić information content (AvgIpc) is 2.77. The standard InChI is InChI=1S/C21H26N6O3/c1-13-12-27(6-7-30-13)19-5-4-14(10-23-19)11-24-21-25-16-9-18(29-3)17(28-2)8-15(16)20(22)26-21/h4-5,8-10,13H,6-7,11-12H2,1-3H3,(H3,22,24,25,26). The Kier molecular flexibility index (Phi) is 5.71. The third-order valence-electron chi connectivity index (χ3n) is 5.06. The molecule has 4 rings (SSSR count). The molecule has 1 aliphatic heterocycles. The number of fused-ring (bicyclic) bond motifs is 1. The highest BCUT2D eigenvalue weighted by molar-refractivity contribution is 5.91. The zero-order valence-corrected chi connectivity index (χ0v) is 17.4. The number of pyridine rings is 1. The van der Waals surface area contributed by atoms with Crippen molar-refractivity contribution in [2.45, 2.75) is 19.6 Å². The quantitative estimate of drug-likeness (QED) is 0.633. The highest BCUT2D eigenvalue weighted by Crippen LogP contribution is 2.33. The molecule has 9 heteroatoms. The summed E-state index contributed by atoms with van der Waals surface area (Å²) in [6.07, 6.45) is 2.08. The molecule has 158 valence electrons. The van der Waals surface area contributed by atoms with E-state index in [0.29, 0.717) is 40.7 Å². The second-order valence-electron chi connectivity index (χ2n) is 7.16. The average molecular weight is 410 g/mol. The molecule has 1 atom stereocenters. The van der Waals surface area contributed by atoms with Crippen LogP contribution in [0.15, 0.2) is 30.5 Å². The van der Waals surface area contributed by atoms with Gasteiger partial charge in [-0.2, -0.15) is 4.98 Å². The molecule has 0 saturated carbocycles. The lowest BCUT2D eigenvalue weighted by Crippen LogP contribution is -2.41. The van der Waals surface area contributed by atoms with Gasteiger partial charge in [0, 0.05) is 37.3 Å². The molecule has 0 amide bonds. The molecule has 1 aliphatic rings. The number of nitrogens with two attached hydrogens (primary N) is 1. The van der Waals surface area contributed by atoms with Crippen molar-refractivity contribution in [1.29, 1.82) is 0 Å². The zero-order chi connectivity index (χ0) is 21.1. The number of morpholine rings is 1. The number of anilines is 3. The first-order valence-electron chi connectivity index (χ1n) is 9.82. The fourth-order valence-corrected chi connectivity index (χ4v) is 3.47. The molecule has 0 aliphatic carbocycles. The summed E-state index contributed by atoms with van der Waals surface area (Å²) >= 11 is 0. The smallest absolute Gasteiger partial charge is 0.225 e. The summed E-state index contributed by atoms with van der Waals surface area (Å²) in [6.45, 7) is 5.04. The van der Waals surface area contributed by atoms with Gasteiger partial charge in [0.25, 0.3) is 0 Å². The van der Waals surface area contributed by atoms with Crippen molar-refractivity contribution in [1.82, 2.24) is 15.0 Å². The third-order valence-corrected chi connectivity index (χ3v) is 5.06. The van der Waals surface area contributed by atoms with Crippen LogP contribution in [-0.2, 0) is 11.3 Å². The molecule has 1 aromatic carbocycles. The molecule has 1 saturated heterocycles. The Bertz CT molecular complexity index is 1030. The van der Waals surface area contributed by atoms with Crippen molar-refractivity contribution in [2.75, 3.05) is 49.9 Å². The van der Waals surface area contributed by atoms with Crippen LogP contribution in [0.4, 0.5) is 17.6 Å². The Morgan fingerprint density at radius 1 is 1.20 bits per heavy atom. The first kappa shape index (κ1) is 20.0. The number of nitrogens with one attached hydrogen (secondary N) is 1. The molecule has 0 radical (unpaired) electrons. The van der Waals surface area contributed by atoms with Crippen molar-refractivity contribution < 1.29 is 14.2 Å². The number of nitrogen functional groups attached to an aromatic ring is 1. The van der Waals surface area contributed by atoms with E-state index in [4.69, 9.17) is 19.9 Å². The van der Waals surface area contributed by atoms with Gasteiger partial charge in [0.05, 0.1) is 32.4 Å². The van der Waals surface area contributed by atoms with Gasteiger partial charge in [-0.25, -0.2) is 9.97 Å². The summed E-state index contributed by atoms with van der Waals surface area (Å²) in [5, 5.41) is 3.93. The first-order chi connectivity index (χ1) is 14.6. The lowest BCUT2D eigenvalue weighted by molar-refractivity contribution is 0.0529. The fraction of sp³-hybridized carbons (Fsp3) is 0.381. The van der Waals surface area contributed by atoms with Crippen molar-refractivity contribution in [3.05, 3.63) is 36.0 Å². The predicted octanol–water partition coefficient (Wildman–Crippen LogP) is 2.46. The summed E-state index contributed by atoms with van der Waals surface area (Å²) in [5.74, 6) is 2.95. The lowest BCUT2D eigenvalue weighted by Gasteiger charge is -2.32. The van der Waals surface area contributed by atoms with Crippen LogP contribution < -0.4 is 25.4 Å². The highest BCUT2D eigenvalue weighted by Gasteiger charge is 2.17. The lowest BCUT2D eigenvalue weighted by atomic mass is 10.2. The van der Waals surface area contributed by atoms with E-state index in [1.807, 2.05) is 18.3 Å². The predicted molar refractivity (Wildman–Crippen MR) is 116 cm³/mol. The summed E-state index contributed by atoms with van der Waals surface area (Å²) in [4.78, 5) is 15.7. The van der Waals surface area contributed by atoms with Gasteiger partial charge in [-0.15, -0.1) is 0 Å². The van der Waals surface area contributed by atoms with Crippen LogP contribution in [0, 0.1) is 0 Å². The van der Waals surface area contributed by atoms with E-state index >= 15 is 0 Å². The van der Waals surface area contributed by atoms with Crippen LogP contribution in [0.2, 0.25) is 0 Å². The maximum Gasteiger partial charge on any atom is 0.225 e. The van der Waals surface area contributed by atoms with Crippen molar-refractivity contribution in [3.63, 3.8) is 0 Å². The molecule has 1 fully saturated rings. The van der Waals surface area contributed by atoms with Crippen molar-refractivity contribution in [3.8, 4) is 11.5 Å². The first-order valence-corrected chi connectivity index (χ1v) is 9.82. The number of rotatable bonds is 6. The van der Waals surface area contributed by atoms with Gasteiger partial charge in [0.15, 0.2) is 11.5 Å². The minimum absolute atomic E-state index is 0.219. The number of benzene rings is 1. The van der Waals surface area contributed by atoms with Crippen LogP contribution >= 0.6 is 0 Å². The van der Waals surface area contributed by atoms with E-state index in [2.05, 4.69) is 32.1 Å². The van der Waals surface area contributed by atoms with Crippen LogP contribution in [0.1, 0.15) is 12.5 Å². The molecule has 3 aromatic rings. The number of ether oxygens (including phenoxy) is 3. The SMILES string of the molecule is COc1cc2nc(NCc3ccc(N4CCOC(C)C4)nc3)nc(N)c2cc1OC. The van der Waals surface area contributed by atoms with Crippen molar-refractivity contribution in [2.24, 2.45) is 0 Å². The Morgan fingerprint density at radius 3 is 2.70 bits per heavy atom.